The summed E-state index contributed by atoms with van der Waals surface area (Å²) >= 11 is 1.77. The van der Waals surface area contributed by atoms with Crippen LogP contribution in [-0.4, -0.2) is 0 Å². The van der Waals surface area contributed by atoms with Crippen molar-refractivity contribution in [3.63, 3.8) is 0 Å². The lowest BCUT2D eigenvalue weighted by atomic mass is 9.97. The van der Waals surface area contributed by atoms with Crippen LogP contribution in [0.25, 0.3) is 0 Å². The molecule has 2 nitrogen and oxygen atoms in total. The second kappa shape index (κ2) is 6.33. The van der Waals surface area contributed by atoms with Crippen LogP contribution in [-0.2, 0) is 6.42 Å². The quantitative estimate of drug-likeness (QED) is 0.639. The second-order valence-corrected chi connectivity index (χ2v) is 6.03. The van der Waals surface area contributed by atoms with Gasteiger partial charge in [-0.1, -0.05) is 45.0 Å². The topological polar surface area (TPSA) is 38.0 Å². The van der Waals surface area contributed by atoms with Crippen molar-refractivity contribution < 1.29 is 0 Å². The Morgan fingerprint density at radius 2 is 1.74 bits per heavy atom. The predicted molar refractivity (Wildman–Crippen MR) is 83.4 cm³/mol. The van der Waals surface area contributed by atoms with Gasteiger partial charge in [0.25, 0.3) is 0 Å². The number of rotatable bonds is 5. The van der Waals surface area contributed by atoms with Gasteiger partial charge in [0.1, 0.15) is 0 Å². The van der Waals surface area contributed by atoms with Crippen molar-refractivity contribution in [3.05, 3.63) is 57.3 Å². The van der Waals surface area contributed by atoms with E-state index in [0.29, 0.717) is 5.92 Å². The Morgan fingerprint density at radius 1 is 1.11 bits per heavy atom. The van der Waals surface area contributed by atoms with Gasteiger partial charge in [-0.2, -0.15) is 0 Å². The summed E-state index contributed by atoms with van der Waals surface area (Å²) in [5, 5.41) is 2.14. The fourth-order valence-corrected chi connectivity index (χ4v) is 3.37. The van der Waals surface area contributed by atoms with Gasteiger partial charge in [0.15, 0.2) is 0 Å². The van der Waals surface area contributed by atoms with Gasteiger partial charge in [0.2, 0.25) is 0 Å². The van der Waals surface area contributed by atoms with E-state index in [2.05, 4.69) is 61.9 Å². The minimum absolute atomic E-state index is 0.0937. The lowest BCUT2D eigenvalue weighted by Crippen LogP contribution is -2.28. The first-order valence-corrected chi connectivity index (χ1v) is 7.67. The van der Waals surface area contributed by atoms with E-state index >= 15 is 0 Å². The highest BCUT2D eigenvalue weighted by molar-refractivity contribution is 7.10. The van der Waals surface area contributed by atoms with E-state index in [1.54, 1.807) is 11.3 Å². The van der Waals surface area contributed by atoms with E-state index in [0.717, 1.165) is 6.42 Å². The molecule has 0 fully saturated rings. The zero-order chi connectivity index (χ0) is 13.8. The molecule has 19 heavy (non-hydrogen) atoms. The molecule has 0 saturated carbocycles. The van der Waals surface area contributed by atoms with Crippen LogP contribution in [0.5, 0.6) is 0 Å². The molecule has 0 spiro atoms. The van der Waals surface area contributed by atoms with Gasteiger partial charge in [-0.3, -0.25) is 5.84 Å². The molecule has 1 atom stereocenters. The number of nitrogens with two attached hydrogens (primary N) is 1. The van der Waals surface area contributed by atoms with Crippen LogP contribution in [0.3, 0.4) is 0 Å². The Hall–Kier alpha value is -1.16. The molecular weight excluding hydrogens is 252 g/mol. The molecule has 1 heterocycles. The van der Waals surface area contributed by atoms with Crippen molar-refractivity contribution in [2.45, 2.75) is 39.2 Å². The minimum Gasteiger partial charge on any atom is -0.271 e. The first kappa shape index (κ1) is 14.3. The first-order chi connectivity index (χ1) is 9.17. The minimum atomic E-state index is 0.0937. The van der Waals surface area contributed by atoms with E-state index in [1.807, 2.05) is 0 Å². The fourth-order valence-electron chi connectivity index (χ4n) is 2.29. The molecule has 0 aliphatic rings. The Bertz CT molecular complexity index is 514. The third kappa shape index (κ3) is 3.06. The van der Waals surface area contributed by atoms with Gasteiger partial charge < -0.3 is 0 Å². The lowest BCUT2D eigenvalue weighted by molar-refractivity contribution is 0.641. The van der Waals surface area contributed by atoms with E-state index in [1.165, 1.54) is 21.6 Å². The van der Waals surface area contributed by atoms with Crippen LogP contribution in [0.2, 0.25) is 0 Å². The first-order valence-electron chi connectivity index (χ1n) is 6.79. The fraction of sp³-hybridized carbons (Fsp3) is 0.375. The summed E-state index contributed by atoms with van der Waals surface area (Å²) in [6.07, 6.45) is 1.04. The van der Waals surface area contributed by atoms with Crippen molar-refractivity contribution in [2.75, 3.05) is 0 Å². The average molecular weight is 274 g/mol. The van der Waals surface area contributed by atoms with Gasteiger partial charge in [0.05, 0.1) is 6.04 Å². The smallest absolute Gasteiger partial charge is 0.0805 e. The maximum atomic E-state index is 5.77. The van der Waals surface area contributed by atoms with Crippen LogP contribution >= 0.6 is 11.3 Å². The van der Waals surface area contributed by atoms with E-state index in [-0.39, 0.29) is 6.04 Å². The molecular formula is C16H22N2S. The molecule has 2 rings (SSSR count). The highest BCUT2D eigenvalue weighted by Crippen LogP contribution is 2.30. The molecule has 2 aromatic rings. The van der Waals surface area contributed by atoms with Crippen molar-refractivity contribution in [1.82, 2.24) is 5.43 Å². The molecule has 0 aliphatic heterocycles. The lowest BCUT2D eigenvalue weighted by Gasteiger charge is -2.17. The Kier molecular flexibility index (Phi) is 4.75. The van der Waals surface area contributed by atoms with Crippen LogP contribution in [0.4, 0.5) is 0 Å². The molecule has 0 radical (unpaired) electrons. The normalized spacial score (nSPS) is 12.9. The van der Waals surface area contributed by atoms with Crippen molar-refractivity contribution in [2.24, 2.45) is 5.84 Å². The monoisotopic (exact) mass is 274 g/mol. The van der Waals surface area contributed by atoms with E-state index in [4.69, 9.17) is 5.84 Å². The molecule has 0 amide bonds. The Morgan fingerprint density at radius 3 is 2.26 bits per heavy atom. The summed E-state index contributed by atoms with van der Waals surface area (Å²) in [7, 11) is 0. The van der Waals surface area contributed by atoms with Gasteiger partial charge in [-0.05, 0) is 40.5 Å². The van der Waals surface area contributed by atoms with Crippen molar-refractivity contribution in [1.29, 1.82) is 0 Å². The van der Waals surface area contributed by atoms with Gasteiger partial charge in [0, 0.05) is 4.88 Å². The number of aryl methyl sites for hydroxylation is 1. The van der Waals surface area contributed by atoms with Crippen LogP contribution < -0.4 is 11.3 Å². The highest BCUT2D eigenvalue weighted by Gasteiger charge is 2.17. The molecule has 3 N–H and O–H groups in total. The molecule has 0 saturated heterocycles. The van der Waals surface area contributed by atoms with Crippen LogP contribution in [0.15, 0.2) is 35.7 Å². The molecule has 1 unspecified atom stereocenters. The Balaban J connectivity index is 2.32. The largest absolute Gasteiger partial charge is 0.271 e. The molecule has 0 bridgehead atoms. The van der Waals surface area contributed by atoms with Crippen LogP contribution in [0.1, 0.15) is 54.3 Å². The number of nitrogens with one attached hydrogen (secondary N) is 1. The summed E-state index contributed by atoms with van der Waals surface area (Å²) in [5.41, 5.74) is 6.92. The second-order valence-electron chi connectivity index (χ2n) is 5.08. The third-order valence-electron chi connectivity index (χ3n) is 3.53. The van der Waals surface area contributed by atoms with Crippen molar-refractivity contribution >= 4 is 11.3 Å². The van der Waals surface area contributed by atoms with Gasteiger partial charge in [-0.15, -0.1) is 11.3 Å². The number of hydrogen-bond acceptors (Lipinski definition) is 3. The van der Waals surface area contributed by atoms with Crippen molar-refractivity contribution in [3.8, 4) is 0 Å². The summed E-state index contributed by atoms with van der Waals surface area (Å²) in [4.78, 5) is 1.32. The number of hydrazine groups is 1. The standard InChI is InChI=1S/C16H22N2S/c1-4-12-9-10-19-16(12)15(18-17)14-7-5-13(6-8-14)11(2)3/h5-11,15,18H,4,17H2,1-3H3. The molecule has 3 heteroatoms. The summed E-state index contributed by atoms with van der Waals surface area (Å²) < 4.78 is 0. The molecule has 0 aliphatic carbocycles. The zero-order valence-corrected chi connectivity index (χ0v) is 12.6. The molecule has 1 aromatic carbocycles. The number of thiophene rings is 1. The SMILES string of the molecule is CCc1ccsc1C(NN)c1ccc(C(C)C)cc1. The van der Waals surface area contributed by atoms with Gasteiger partial charge >= 0.3 is 0 Å². The third-order valence-corrected chi connectivity index (χ3v) is 4.55. The average Bonchev–Trinajstić information content (AvgIpc) is 2.88. The molecule has 102 valence electrons. The summed E-state index contributed by atoms with van der Waals surface area (Å²) in [6, 6.07) is 11.0. The Labute approximate surface area is 119 Å². The van der Waals surface area contributed by atoms with E-state index < -0.39 is 0 Å². The predicted octanol–water partition coefficient (Wildman–Crippen LogP) is 3.99. The van der Waals surface area contributed by atoms with E-state index in [9.17, 15) is 0 Å². The highest BCUT2D eigenvalue weighted by atomic mass is 32.1. The van der Waals surface area contributed by atoms with Crippen LogP contribution in [0, 0.1) is 0 Å². The molecule has 1 aromatic heterocycles. The summed E-state index contributed by atoms with van der Waals surface area (Å²) in [6.45, 7) is 6.60. The summed E-state index contributed by atoms with van der Waals surface area (Å²) in [5.74, 6) is 6.34. The van der Waals surface area contributed by atoms with Gasteiger partial charge in [-0.25, -0.2) is 5.43 Å². The number of benzene rings is 1. The maximum Gasteiger partial charge on any atom is 0.0805 e. The zero-order valence-electron chi connectivity index (χ0n) is 11.8. The maximum absolute atomic E-state index is 5.77. The number of hydrogen-bond donors (Lipinski definition) is 2.